The highest BCUT2D eigenvalue weighted by Gasteiger charge is 2.32. The number of benzene rings is 2. The third kappa shape index (κ3) is 7.83. The molecule has 0 heterocycles. The summed E-state index contributed by atoms with van der Waals surface area (Å²) in [6.45, 7) is 5.46. The van der Waals surface area contributed by atoms with Crippen molar-refractivity contribution in [2.75, 3.05) is 31.5 Å². The van der Waals surface area contributed by atoms with Gasteiger partial charge in [0.2, 0.25) is 11.8 Å². The van der Waals surface area contributed by atoms with Gasteiger partial charge < -0.3 is 10.2 Å². The van der Waals surface area contributed by atoms with Crippen LogP contribution in [0.15, 0.2) is 48.5 Å². The zero-order chi connectivity index (χ0) is 26.3. The lowest BCUT2D eigenvalue weighted by atomic mass is 10.1. The lowest BCUT2D eigenvalue weighted by Crippen LogP contribution is -2.52. The minimum absolute atomic E-state index is 0.00422. The molecule has 0 bridgehead atoms. The molecule has 35 heavy (non-hydrogen) atoms. The molecule has 0 aliphatic carbocycles. The second-order valence-electron chi connectivity index (χ2n) is 8.70. The SMILES string of the molecule is CC(C)CNC(=O)[C@H](C)N(Cc1ccc(Cl)cc1Cl)C(=O)CN(c1ccccc1)S(=O)(=O)N(C)C. The topological polar surface area (TPSA) is 90.0 Å². The van der Waals surface area contributed by atoms with E-state index in [1.54, 1.807) is 55.5 Å². The highest BCUT2D eigenvalue weighted by molar-refractivity contribution is 7.90. The van der Waals surface area contributed by atoms with Crippen LogP contribution in [0.1, 0.15) is 26.3 Å². The fraction of sp³-hybridized carbons (Fsp3) is 0.417. The third-order valence-corrected chi connectivity index (χ3v) is 7.68. The zero-order valence-corrected chi connectivity index (χ0v) is 22.9. The summed E-state index contributed by atoms with van der Waals surface area (Å²) >= 11 is 12.4. The van der Waals surface area contributed by atoms with Crippen molar-refractivity contribution in [1.82, 2.24) is 14.5 Å². The van der Waals surface area contributed by atoms with Crippen LogP contribution < -0.4 is 9.62 Å². The van der Waals surface area contributed by atoms with Gasteiger partial charge in [-0.25, -0.2) is 4.31 Å². The van der Waals surface area contributed by atoms with E-state index in [2.05, 4.69) is 5.32 Å². The monoisotopic (exact) mass is 542 g/mol. The fourth-order valence-corrected chi connectivity index (χ4v) is 4.70. The number of hydrogen-bond donors (Lipinski definition) is 1. The van der Waals surface area contributed by atoms with E-state index >= 15 is 0 Å². The molecule has 2 aromatic rings. The Kier molecular flexibility index (Phi) is 10.4. The minimum Gasteiger partial charge on any atom is -0.354 e. The maximum atomic E-state index is 13.6. The number of nitrogens with zero attached hydrogens (tertiary/aromatic N) is 3. The van der Waals surface area contributed by atoms with Crippen LogP contribution in [-0.4, -0.2) is 62.7 Å². The van der Waals surface area contributed by atoms with Gasteiger partial charge in [-0.1, -0.05) is 61.3 Å². The van der Waals surface area contributed by atoms with Crippen LogP contribution in [0.25, 0.3) is 0 Å². The average Bonchev–Trinajstić information content (AvgIpc) is 2.80. The number of carbonyl (C=O) groups excluding carboxylic acids is 2. The Morgan fingerprint density at radius 3 is 2.17 bits per heavy atom. The zero-order valence-electron chi connectivity index (χ0n) is 20.5. The first-order valence-electron chi connectivity index (χ1n) is 11.1. The summed E-state index contributed by atoms with van der Waals surface area (Å²) < 4.78 is 28.2. The highest BCUT2D eigenvalue weighted by atomic mass is 35.5. The molecule has 1 N–H and O–H groups in total. The fourth-order valence-electron chi connectivity index (χ4n) is 3.18. The standard InChI is InChI=1S/C24H32Cl2N4O4S/c1-17(2)14-27-24(32)18(3)29(15-19-11-12-20(25)13-22(19)26)23(31)16-30(35(33,34)28(4)5)21-9-7-6-8-10-21/h6-13,17-18H,14-16H2,1-5H3,(H,27,32)/t18-/m0/s1. The molecule has 0 fully saturated rings. The van der Waals surface area contributed by atoms with E-state index in [9.17, 15) is 18.0 Å². The summed E-state index contributed by atoms with van der Waals surface area (Å²) in [5.41, 5.74) is 0.908. The van der Waals surface area contributed by atoms with E-state index in [1.807, 2.05) is 13.8 Å². The van der Waals surface area contributed by atoms with Gasteiger partial charge >= 0.3 is 10.2 Å². The van der Waals surface area contributed by atoms with E-state index in [0.717, 1.165) is 8.61 Å². The molecular weight excluding hydrogens is 511 g/mol. The normalized spacial score (nSPS) is 12.5. The van der Waals surface area contributed by atoms with E-state index in [-0.39, 0.29) is 18.4 Å². The van der Waals surface area contributed by atoms with Crippen molar-refractivity contribution < 1.29 is 18.0 Å². The molecule has 1 atom stereocenters. The summed E-state index contributed by atoms with van der Waals surface area (Å²) in [6, 6.07) is 12.3. The maximum absolute atomic E-state index is 13.6. The van der Waals surface area contributed by atoms with E-state index in [1.165, 1.54) is 19.0 Å². The van der Waals surface area contributed by atoms with Crippen molar-refractivity contribution in [3.63, 3.8) is 0 Å². The summed E-state index contributed by atoms with van der Waals surface area (Å²) in [5.74, 6) is -0.684. The van der Waals surface area contributed by atoms with E-state index in [0.29, 0.717) is 27.8 Å². The molecule has 2 aromatic carbocycles. The van der Waals surface area contributed by atoms with Crippen LogP contribution in [-0.2, 0) is 26.3 Å². The van der Waals surface area contributed by atoms with Crippen LogP contribution in [0, 0.1) is 5.92 Å². The Bertz CT molecular complexity index is 1130. The Morgan fingerprint density at radius 1 is 1.00 bits per heavy atom. The van der Waals surface area contributed by atoms with Crippen LogP contribution in [0.3, 0.4) is 0 Å². The number of para-hydroxylation sites is 1. The second kappa shape index (κ2) is 12.6. The first kappa shape index (κ1) is 28.9. The van der Waals surface area contributed by atoms with Crippen molar-refractivity contribution >= 4 is 50.9 Å². The minimum atomic E-state index is -4.00. The largest absolute Gasteiger partial charge is 0.354 e. The average molecular weight is 544 g/mol. The maximum Gasteiger partial charge on any atom is 0.304 e. The van der Waals surface area contributed by atoms with Crippen LogP contribution in [0.4, 0.5) is 5.69 Å². The van der Waals surface area contributed by atoms with Crippen LogP contribution in [0.5, 0.6) is 0 Å². The molecule has 192 valence electrons. The van der Waals surface area contributed by atoms with E-state index < -0.39 is 28.7 Å². The van der Waals surface area contributed by atoms with Crippen molar-refractivity contribution in [3.8, 4) is 0 Å². The number of nitrogens with one attached hydrogen (secondary N) is 1. The molecule has 0 radical (unpaired) electrons. The smallest absolute Gasteiger partial charge is 0.304 e. The van der Waals surface area contributed by atoms with Gasteiger partial charge in [0.15, 0.2) is 0 Å². The van der Waals surface area contributed by atoms with Crippen molar-refractivity contribution in [2.45, 2.75) is 33.4 Å². The van der Waals surface area contributed by atoms with Gasteiger partial charge in [0, 0.05) is 37.2 Å². The quantitative estimate of drug-likeness (QED) is 0.467. The number of carbonyl (C=O) groups is 2. The number of anilines is 1. The molecule has 0 unspecified atom stereocenters. The van der Waals surface area contributed by atoms with Gasteiger partial charge in [0.25, 0.3) is 0 Å². The third-order valence-electron chi connectivity index (χ3n) is 5.27. The van der Waals surface area contributed by atoms with Crippen LogP contribution >= 0.6 is 23.2 Å². The summed E-state index contributed by atoms with van der Waals surface area (Å²) in [6.07, 6.45) is 0. The molecule has 0 saturated carbocycles. The van der Waals surface area contributed by atoms with Crippen LogP contribution in [0.2, 0.25) is 10.0 Å². The summed E-state index contributed by atoms with van der Waals surface area (Å²) in [4.78, 5) is 27.8. The number of rotatable bonds is 11. The molecular formula is C24H32Cl2N4O4S. The Labute approximate surface area is 218 Å². The van der Waals surface area contributed by atoms with E-state index in [4.69, 9.17) is 23.2 Å². The first-order chi connectivity index (χ1) is 16.3. The molecule has 0 aliphatic heterocycles. The molecule has 8 nitrogen and oxygen atoms in total. The Morgan fingerprint density at radius 2 is 1.63 bits per heavy atom. The van der Waals surface area contributed by atoms with Gasteiger partial charge in [-0.2, -0.15) is 12.7 Å². The summed E-state index contributed by atoms with van der Waals surface area (Å²) in [5, 5.41) is 3.61. The predicted octanol–water partition coefficient (Wildman–Crippen LogP) is 3.80. The molecule has 11 heteroatoms. The van der Waals surface area contributed by atoms with Crippen molar-refractivity contribution in [2.24, 2.45) is 5.92 Å². The van der Waals surface area contributed by atoms with Gasteiger partial charge in [-0.15, -0.1) is 0 Å². The molecule has 0 spiro atoms. The number of amides is 2. The molecule has 0 aliphatic rings. The number of halogens is 2. The van der Waals surface area contributed by atoms with Crippen molar-refractivity contribution in [1.29, 1.82) is 0 Å². The number of hydrogen-bond acceptors (Lipinski definition) is 4. The molecule has 0 aromatic heterocycles. The van der Waals surface area contributed by atoms with Crippen molar-refractivity contribution in [3.05, 3.63) is 64.1 Å². The second-order valence-corrected chi connectivity index (χ2v) is 11.6. The molecule has 2 rings (SSSR count). The lowest BCUT2D eigenvalue weighted by Gasteiger charge is -2.33. The summed E-state index contributed by atoms with van der Waals surface area (Å²) in [7, 11) is -1.22. The molecule has 2 amide bonds. The first-order valence-corrected chi connectivity index (χ1v) is 13.3. The van der Waals surface area contributed by atoms with Gasteiger partial charge in [-0.3, -0.25) is 9.59 Å². The lowest BCUT2D eigenvalue weighted by molar-refractivity contribution is -0.139. The highest BCUT2D eigenvalue weighted by Crippen LogP contribution is 2.24. The predicted molar refractivity (Wildman–Crippen MR) is 141 cm³/mol. The Balaban J connectivity index is 2.44. The van der Waals surface area contributed by atoms with Gasteiger partial charge in [0.1, 0.15) is 12.6 Å². The Hall–Kier alpha value is -2.33. The van der Waals surface area contributed by atoms with Gasteiger partial charge in [-0.05, 0) is 42.7 Å². The molecule has 0 saturated heterocycles. The van der Waals surface area contributed by atoms with Gasteiger partial charge in [0.05, 0.1) is 5.69 Å².